The van der Waals surface area contributed by atoms with Crippen LogP contribution in [0.3, 0.4) is 0 Å². The Labute approximate surface area is 133 Å². The maximum atomic E-state index is 12.4. The van der Waals surface area contributed by atoms with Crippen molar-refractivity contribution >= 4 is 23.9 Å². The summed E-state index contributed by atoms with van der Waals surface area (Å²) >= 11 is 0. The number of carboxylic acid groups (broad SMARTS) is 1. The predicted molar refractivity (Wildman–Crippen MR) is 79.3 cm³/mol. The van der Waals surface area contributed by atoms with Gasteiger partial charge in [0.05, 0.1) is 6.61 Å². The zero-order chi connectivity index (χ0) is 17.5. The lowest BCUT2D eigenvalue weighted by molar-refractivity contribution is -0.168. The lowest BCUT2D eigenvalue weighted by atomic mass is 9.68. The average molecular weight is 329 g/mol. The lowest BCUT2D eigenvalue weighted by Gasteiger charge is -2.38. The van der Waals surface area contributed by atoms with Gasteiger partial charge in [0.2, 0.25) is 5.91 Å². The second kappa shape index (κ2) is 8.35. The molecule has 130 valence electrons. The van der Waals surface area contributed by atoms with Crippen LogP contribution in [0.4, 0.5) is 4.79 Å². The van der Waals surface area contributed by atoms with E-state index in [1.54, 1.807) is 6.92 Å². The first-order valence-electron chi connectivity index (χ1n) is 7.57. The molecule has 1 fully saturated rings. The molecular formula is C14H23N3O6. The summed E-state index contributed by atoms with van der Waals surface area (Å²) in [5, 5.41) is 13.9. The maximum absolute atomic E-state index is 12.4. The average Bonchev–Trinajstić information content (AvgIpc) is 2.40. The molecule has 9 nitrogen and oxygen atoms in total. The second-order valence-electron chi connectivity index (χ2n) is 5.45. The quantitative estimate of drug-likeness (QED) is 0.260. The highest BCUT2D eigenvalue weighted by atomic mass is 16.5. The van der Waals surface area contributed by atoms with Crippen molar-refractivity contribution in [1.29, 1.82) is 0 Å². The number of nitrogens with one attached hydrogen (secondary N) is 2. The van der Waals surface area contributed by atoms with Crippen LogP contribution in [0.2, 0.25) is 0 Å². The van der Waals surface area contributed by atoms with Gasteiger partial charge in [-0.3, -0.25) is 9.59 Å². The van der Waals surface area contributed by atoms with Crippen molar-refractivity contribution in [1.82, 2.24) is 10.6 Å². The van der Waals surface area contributed by atoms with Crippen molar-refractivity contribution in [3.05, 3.63) is 0 Å². The fraction of sp³-hybridized carbons (Fsp3) is 0.714. The van der Waals surface area contributed by atoms with Crippen LogP contribution in [0.15, 0.2) is 0 Å². The van der Waals surface area contributed by atoms with Gasteiger partial charge in [0.15, 0.2) is 0 Å². The molecule has 0 aromatic heterocycles. The van der Waals surface area contributed by atoms with Gasteiger partial charge in [0.1, 0.15) is 11.5 Å². The molecule has 1 unspecified atom stereocenters. The number of ether oxygens (including phenoxy) is 1. The number of urea groups is 1. The summed E-state index contributed by atoms with van der Waals surface area (Å²) < 4.78 is 4.93. The highest BCUT2D eigenvalue weighted by Crippen LogP contribution is 2.42. The zero-order valence-electron chi connectivity index (χ0n) is 13.1. The van der Waals surface area contributed by atoms with E-state index in [1.807, 2.05) is 0 Å². The molecule has 3 amide bonds. The zero-order valence-corrected chi connectivity index (χ0v) is 13.1. The highest BCUT2D eigenvalue weighted by Gasteiger charge is 2.52. The molecule has 0 aromatic rings. The van der Waals surface area contributed by atoms with Crippen molar-refractivity contribution in [2.75, 3.05) is 13.2 Å². The summed E-state index contributed by atoms with van der Waals surface area (Å²) in [5.41, 5.74) is 3.64. The van der Waals surface area contributed by atoms with Gasteiger partial charge in [0, 0.05) is 6.54 Å². The van der Waals surface area contributed by atoms with Crippen LogP contribution in [0.25, 0.3) is 0 Å². The van der Waals surface area contributed by atoms with Gasteiger partial charge >= 0.3 is 18.0 Å². The first-order chi connectivity index (χ1) is 10.8. The van der Waals surface area contributed by atoms with Crippen molar-refractivity contribution in [2.45, 2.75) is 45.1 Å². The normalized spacial score (nSPS) is 16.6. The summed E-state index contributed by atoms with van der Waals surface area (Å²) in [4.78, 5) is 46.1. The number of primary amides is 1. The van der Waals surface area contributed by atoms with Crippen LogP contribution in [0.5, 0.6) is 0 Å². The van der Waals surface area contributed by atoms with E-state index in [4.69, 9.17) is 10.5 Å². The molecule has 0 bridgehead atoms. The number of carbonyl (C=O) groups is 4. The molecule has 0 radical (unpaired) electrons. The highest BCUT2D eigenvalue weighted by molar-refractivity contribution is 6.04. The van der Waals surface area contributed by atoms with E-state index in [9.17, 15) is 24.3 Å². The number of hydrogen-bond acceptors (Lipinski definition) is 5. The predicted octanol–water partition coefficient (Wildman–Crippen LogP) is -0.262. The molecule has 1 rings (SSSR count). The molecule has 1 aliphatic rings. The molecule has 0 saturated heterocycles. The minimum atomic E-state index is -1.27. The molecule has 0 aliphatic heterocycles. The van der Waals surface area contributed by atoms with Crippen LogP contribution in [0.1, 0.15) is 39.0 Å². The minimum Gasteiger partial charge on any atom is -0.480 e. The number of aliphatic carboxylic acids is 1. The van der Waals surface area contributed by atoms with Gasteiger partial charge in [-0.1, -0.05) is 6.42 Å². The number of carboxylic acids is 1. The summed E-state index contributed by atoms with van der Waals surface area (Å²) in [5.74, 6) is -2.42. The molecule has 9 heteroatoms. The van der Waals surface area contributed by atoms with Gasteiger partial charge in [-0.05, 0) is 32.6 Å². The third-order valence-electron chi connectivity index (χ3n) is 3.88. The fourth-order valence-electron chi connectivity index (χ4n) is 2.40. The van der Waals surface area contributed by atoms with Crippen LogP contribution in [-0.2, 0) is 19.1 Å². The van der Waals surface area contributed by atoms with Crippen LogP contribution < -0.4 is 16.4 Å². The first-order valence-corrected chi connectivity index (χ1v) is 7.57. The van der Waals surface area contributed by atoms with E-state index in [-0.39, 0.29) is 19.6 Å². The molecule has 1 atom stereocenters. The Morgan fingerprint density at radius 3 is 2.39 bits per heavy atom. The second-order valence-corrected chi connectivity index (χ2v) is 5.45. The van der Waals surface area contributed by atoms with E-state index in [1.165, 1.54) is 0 Å². The Morgan fingerprint density at radius 1 is 1.30 bits per heavy atom. The summed E-state index contributed by atoms with van der Waals surface area (Å²) in [7, 11) is 0. The van der Waals surface area contributed by atoms with Gasteiger partial charge in [-0.2, -0.15) is 0 Å². The number of rotatable bonds is 9. The standard InChI is InChI=1S/C14H23N3O6/c1-2-23-12(21)14(6-4-7-14)11(20)17-9(10(18)19)5-3-8-16-13(15)22/h9H,2-8H2,1H3,(H,17,20)(H,18,19)(H3,15,16,22). The van der Waals surface area contributed by atoms with Crippen LogP contribution >= 0.6 is 0 Å². The fourth-order valence-corrected chi connectivity index (χ4v) is 2.40. The van der Waals surface area contributed by atoms with Crippen LogP contribution in [0, 0.1) is 5.41 Å². The van der Waals surface area contributed by atoms with E-state index in [0.29, 0.717) is 25.7 Å². The Bertz CT molecular complexity index is 475. The third kappa shape index (κ3) is 4.83. The Kier molecular flexibility index (Phi) is 6.80. The Balaban J connectivity index is 2.60. The maximum Gasteiger partial charge on any atom is 0.326 e. The molecule has 23 heavy (non-hydrogen) atoms. The topological polar surface area (TPSA) is 148 Å². The van der Waals surface area contributed by atoms with Gasteiger partial charge < -0.3 is 26.2 Å². The number of esters is 1. The first kappa shape index (κ1) is 18.7. The number of hydrogen-bond donors (Lipinski definition) is 4. The Hall–Kier alpha value is -2.32. The van der Waals surface area contributed by atoms with Gasteiger partial charge in [-0.25, -0.2) is 9.59 Å². The van der Waals surface area contributed by atoms with Crippen molar-refractivity contribution < 1.29 is 29.0 Å². The summed E-state index contributed by atoms with van der Waals surface area (Å²) in [6.07, 6.45) is 1.86. The lowest BCUT2D eigenvalue weighted by Crippen LogP contribution is -2.55. The number of nitrogens with two attached hydrogens (primary N) is 1. The SMILES string of the molecule is CCOC(=O)C1(C(=O)NC(CCCNC(N)=O)C(=O)O)CCC1. The van der Waals surface area contributed by atoms with E-state index in [0.717, 1.165) is 0 Å². The number of carbonyl (C=O) groups excluding carboxylic acids is 3. The van der Waals surface area contributed by atoms with E-state index in [2.05, 4.69) is 10.6 Å². The summed E-state index contributed by atoms with van der Waals surface area (Å²) in [6.45, 7) is 2.01. The number of amides is 3. The summed E-state index contributed by atoms with van der Waals surface area (Å²) in [6, 6.07) is -1.83. The van der Waals surface area contributed by atoms with Crippen molar-refractivity contribution in [3.8, 4) is 0 Å². The minimum absolute atomic E-state index is 0.111. The molecular weight excluding hydrogens is 306 g/mol. The molecule has 0 spiro atoms. The molecule has 0 aromatic carbocycles. The third-order valence-corrected chi connectivity index (χ3v) is 3.88. The van der Waals surface area contributed by atoms with E-state index < -0.39 is 35.3 Å². The molecule has 5 N–H and O–H groups in total. The molecule has 1 aliphatic carbocycles. The van der Waals surface area contributed by atoms with Gasteiger partial charge in [-0.15, -0.1) is 0 Å². The monoisotopic (exact) mass is 329 g/mol. The largest absolute Gasteiger partial charge is 0.480 e. The molecule has 0 heterocycles. The smallest absolute Gasteiger partial charge is 0.326 e. The molecule has 1 saturated carbocycles. The van der Waals surface area contributed by atoms with Crippen LogP contribution in [-0.4, -0.2) is 48.2 Å². The van der Waals surface area contributed by atoms with Gasteiger partial charge in [0.25, 0.3) is 0 Å². The van der Waals surface area contributed by atoms with Crippen molar-refractivity contribution in [3.63, 3.8) is 0 Å². The van der Waals surface area contributed by atoms with Crippen molar-refractivity contribution in [2.24, 2.45) is 11.1 Å². The van der Waals surface area contributed by atoms with E-state index >= 15 is 0 Å². The Morgan fingerprint density at radius 2 is 1.96 bits per heavy atom.